The van der Waals surface area contributed by atoms with E-state index < -0.39 is 25.3 Å². The SMILES string of the molecule is CC(C)(C)N1CC(F)(F)C[C@H]1COP(=O)(OCc1ccccc1)OCc1ccccc1. The zero-order valence-electron chi connectivity index (χ0n) is 18.2. The van der Waals surface area contributed by atoms with Crippen LogP contribution in [0, 0.1) is 0 Å². The van der Waals surface area contributed by atoms with Crippen molar-refractivity contribution in [3.05, 3.63) is 71.8 Å². The van der Waals surface area contributed by atoms with Crippen LogP contribution in [0.1, 0.15) is 38.3 Å². The first-order chi connectivity index (χ1) is 14.6. The third-order valence-electron chi connectivity index (χ3n) is 5.13. The molecule has 0 spiro atoms. The summed E-state index contributed by atoms with van der Waals surface area (Å²) in [7, 11) is -3.99. The van der Waals surface area contributed by atoms with Crippen LogP contribution in [0.15, 0.2) is 60.7 Å². The number of hydrogen-bond acceptors (Lipinski definition) is 5. The molecule has 0 radical (unpaired) electrons. The molecule has 1 saturated heterocycles. The molecular weight excluding hydrogens is 423 g/mol. The number of likely N-dealkylation sites (tertiary alicyclic amines) is 1. The molecular formula is C23H30F2NO4P. The average Bonchev–Trinajstić information content (AvgIpc) is 3.06. The summed E-state index contributed by atoms with van der Waals surface area (Å²) in [6.45, 7) is 5.14. The van der Waals surface area contributed by atoms with Crippen LogP contribution in [-0.4, -0.2) is 35.6 Å². The lowest BCUT2D eigenvalue weighted by Crippen LogP contribution is -2.46. The molecule has 2 aromatic carbocycles. The molecule has 1 atom stereocenters. The number of alkyl halides is 2. The van der Waals surface area contributed by atoms with Crippen molar-refractivity contribution in [3.8, 4) is 0 Å². The Morgan fingerprint density at radius 3 is 1.87 bits per heavy atom. The van der Waals surface area contributed by atoms with Crippen molar-refractivity contribution in [3.63, 3.8) is 0 Å². The van der Waals surface area contributed by atoms with Gasteiger partial charge in [0.25, 0.3) is 5.92 Å². The van der Waals surface area contributed by atoms with E-state index >= 15 is 0 Å². The van der Waals surface area contributed by atoms with Gasteiger partial charge in [-0.25, -0.2) is 13.3 Å². The maximum Gasteiger partial charge on any atom is 0.475 e. The molecule has 1 heterocycles. The maximum atomic E-state index is 14.1. The second-order valence-corrected chi connectivity index (χ2v) is 10.4. The summed E-state index contributed by atoms with van der Waals surface area (Å²) in [6.07, 6.45) is -0.359. The van der Waals surface area contributed by atoms with E-state index in [4.69, 9.17) is 13.6 Å². The Morgan fingerprint density at radius 1 is 0.935 bits per heavy atom. The zero-order chi connectivity index (χ0) is 22.5. The summed E-state index contributed by atoms with van der Waals surface area (Å²) in [4.78, 5) is 1.69. The van der Waals surface area contributed by atoms with Gasteiger partial charge in [0.15, 0.2) is 0 Å². The highest BCUT2D eigenvalue weighted by Crippen LogP contribution is 2.52. The van der Waals surface area contributed by atoms with Crippen molar-refractivity contribution in [2.45, 2.75) is 57.9 Å². The van der Waals surface area contributed by atoms with E-state index in [0.717, 1.165) is 11.1 Å². The number of halogens is 2. The van der Waals surface area contributed by atoms with Crippen molar-refractivity contribution in [1.82, 2.24) is 4.90 Å². The molecule has 1 fully saturated rings. The van der Waals surface area contributed by atoms with Gasteiger partial charge in [-0.2, -0.15) is 0 Å². The van der Waals surface area contributed by atoms with Crippen LogP contribution in [0.3, 0.4) is 0 Å². The first-order valence-electron chi connectivity index (χ1n) is 10.3. The first kappa shape index (κ1) is 24.0. The molecule has 0 saturated carbocycles. The molecule has 0 aliphatic carbocycles. The van der Waals surface area contributed by atoms with Crippen LogP contribution in [0.4, 0.5) is 8.78 Å². The molecule has 3 rings (SSSR count). The van der Waals surface area contributed by atoms with Crippen molar-refractivity contribution in [1.29, 1.82) is 0 Å². The Bertz CT molecular complexity index is 827. The van der Waals surface area contributed by atoms with Gasteiger partial charge in [0.1, 0.15) is 0 Å². The highest BCUT2D eigenvalue weighted by Gasteiger charge is 2.49. The number of phosphoric ester groups is 1. The van der Waals surface area contributed by atoms with Gasteiger partial charge in [-0.1, -0.05) is 60.7 Å². The highest BCUT2D eigenvalue weighted by molar-refractivity contribution is 7.48. The van der Waals surface area contributed by atoms with Crippen LogP contribution >= 0.6 is 7.82 Å². The third kappa shape index (κ3) is 7.19. The van der Waals surface area contributed by atoms with E-state index in [9.17, 15) is 13.3 Å². The summed E-state index contributed by atoms with van der Waals surface area (Å²) in [5, 5.41) is 0. The van der Waals surface area contributed by atoms with Crippen molar-refractivity contribution in [2.75, 3.05) is 13.2 Å². The molecule has 0 amide bonds. The fraction of sp³-hybridized carbons (Fsp3) is 0.478. The minimum Gasteiger partial charge on any atom is -0.287 e. The lowest BCUT2D eigenvalue weighted by molar-refractivity contribution is 0.000993. The monoisotopic (exact) mass is 453 g/mol. The van der Waals surface area contributed by atoms with Crippen LogP contribution in [0.5, 0.6) is 0 Å². The molecule has 0 bridgehead atoms. The van der Waals surface area contributed by atoms with E-state index in [0.29, 0.717) is 0 Å². The molecule has 2 aromatic rings. The number of rotatable bonds is 9. The lowest BCUT2D eigenvalue weighted by atomic mass is 10.1. The van der Waals surface area contributed by atoms with Gasteiger partial charge >= 0.3 is 7.82 Å². The van der Waals surface area contributed by atoms with Crippen molar-refractivity contribution >= 4 is 7.82 Å². The zero-order valence-corrected chi connectivity index (χ0v) is 19.1. The molecule has 31 heavy (non-hydrogen) atoms. The third-order valence-corrected chi connectivity index (χ3v) is 6.48. The number of hydrogen-bond donors (Lipinski definition) is 0. The van der Waals surface area contributed by atoms with Crippen LogP contribution < -0.4 is 0 Å². The number of benzene rings is 2. The lowest BCUT2D eigenvalue weighted by Gasteiger charge is -2.36. The Balaban J connectivity index is 1.69. The molecule has 170 valence electrons. The largest absolute Gasteiger partial charge is 0.475 e. The first-order valence-corrected chi connectivity index (χ1v) is 11.8. The van der Waals surface area contributed by atoms with E-state index in [2.05, 4.69) is 0 Å². The normalized spacial score (nSPS) is 19.6. The quantitative estimate of drug-likeness (QED) is 0.433. The Kier molecular flexibility index (Phi) is 7.66. The van der Waals surface area contributed by atoms with Gasteiger partial charge in [0.05, 0.1) is 26.4 Å². The predicted octanol–water partition coefficient (Wildman–Crippen LogP) is 6.05. The topological polar surface area (TPSA) is 48.0 Å². The van der Waals surface area contributed by atoms with E-state index in [1.807, 2.05) is 81.4 Å². The van der Waals surface area contributed by atoms with Crippen molar-refractivity contribution in [2.24, 2.45) is 0 Å². The molecule has 0 aromatic heterocycles. The van der Waals surface area contributed by atoms with E-state index in [1.165, 1.54) is 0 Å². The van der Waals surface area contributed by atoms with Crippen LogP contribution in [0.2, 0.25) is 0 Å². The minimum atomic E-state index is -3.99. The second-order valence-electron chi connectivity index (χ2n) is 8.77. The summed E-state index contributed by atoms with van der Waals surface area (Å²) >= 11 is 0. The van der Waals surface area contributed by atoms with Gasteiger partial charge in [-0.05, 0) is 31.9 Å². The summed E-state index contributed by atoms with van der Waals surface area (Å²) in [5.41, 5.74) is 1.13. The van der Waals surface area contributed by atoms with E-state index in [1.54, 1.807) is 4.90 Å². The van der Waals surface area contributed by atoms with Crippen LogP contribution in [0.25, 0.3) is 0 Å². The van der Waals surface area contributed by atoms with Gasteiger partial charge in [0, 0.05) is 18.0 Å². The molecule has 1 aliphatic rings. The average molecular weight is 453 g/mol. The molecule has 5 nitrogen and oxygen atoms in total. The second kappa shape index (κ2) is 9.88. The molecule has 0 unspecified atom stereocenters. The fourth-order valence-electron chi connectivity index (χ4n) is 3.58. The van der Waals surface area contributed by atoms with Gasteiger partial charge in [-0.15, -0.1) is 0 Å². The molecule has 0 N–H and O–H groups in total. The standard InChI is InChI=1S/C23H30F2NO4P/c1-22(2,3)26-18-23(24,25)14-21(26)17-30-31(27,28-15-19-10-6-4-7-11-19)29-16-20-12-8-5-9-13-20/h4-13,21H,14-18H2,1-3H3/t21-/m0/s1. The number of nitrogens with zero attached hydrogens (tertiary/aromatic N) is 1. The summed E-state index contributed by atoms with van der Waals surface area (Å²) in [6, 6.07) is 17.9. The minimum absolute atomic E-state index is 0.0245. The molecule has 8 heteroatoms. The highest BCUT2D eigenvalue weighted by atomic mass is 31.2. The summed E-state index contributed by atoms with van der Waals surface area (Å²) in [5.74, 6) is -2.82. The van der Waals surface area contributed by atoms with E-state index in [-0.39, 0.29) is 32.8 Å². The Morgan fingerprint density at radius 2 is 1.42 bits per heavy atom. The maximum absolute atomic E-state index is 14.1. The predicted molar refractivity (Wildman–Crippen MR) is 116 cm³/mol. The van der Waals surface area contributed by atoms with Gasteiger partial charge < -0.3 is 0 Å². The van der Waals surface area contributed by atoms with Gasteiger partial charge in [-0.3, -0.25) is 18.5 Å². The van der Waals surface area contributed by atoms with Crippen LogP contribution in [-0.2, 0) is 31.4 Å². The summed E-state index contributed by atoms with van der Waals surface area (Å²) < 4.78 is 58.3. The van der Waals surface area contributed by atoms with Gasteiger partial charge in [0.2, 0.25) is 0 Å². The van der Waals surface area contributed by atoms with Crippen molar-refractivity contribution < 1.29 is 26.9 Å². The number of phosphoric acid groups is 1. The Hall–Kier alpha value is -1.63. The fourth-order valence-corrected chi connectivity index (χ4v) is 4.77. The smallest absolute Gasteiger partial charge is 0.287 e. The molecule has 1 aliphatic heterocycles. The Labute approximate surface area is 182 Å².